The third-order valence-electron chi connectivity index (χ3n) is 5.65. The summed E-state index contributed by atoms with van der Waals surface area (Å²) in [6, 6.07) is 5.42. The number of amides is 2. The van der Waals surface area contributed by atoms with Gasteiger partial charge in [0.15, 0.2) is 0 Å². The Hall–Kier alpha value is -2.59. The number of aliphatic hydroxyl groups excluding tert-OH is 2. The van der Waals surface area contributed by atoms with E-state index in [0.29, 0.717) is 29.1 Å². The predicted octanol–water partition coefficient (Wildman–Crippen LogP) is 1.89. The summed E-state index contributed by atoms with van der Waals surface area (Å²) in [7, 11) is 0. The largest absolute Gasteiger partial charge is 0.486 e. The molecule has 4 atom stereocenters. The van der Waals surface area contributed by atoms with Crippen LogP contribution in [-0.4, -0.2) is 71.0 Å². The number of aliphatic hydroxyl groups is 2. The number of fused-ring (bicyclic) bond motifs is 3. The van der Waals surface area contributed by atoms with Crippen LogP contribution in [0.1, 0.15) is 37.7 Å². The fraction of sp³-hybridized carbons (Fsp3) is 0.545. The number of benzene rings is 1. The van der Waals surface area contributed by atoms with E-state index in [-0.39, 0.29) is 25.1 Å². The second kappa shape index (κ2) is 9.91. The maximum absolute atomic E-state index is 13.3. The standard InChI is InChI=1S/C22H27F3N2O5/c1-2-3-8-17(29)27(12-22(23,24)25)15-11-14(21(31)26-9-10-28)18-13-6-4-5-7-16(13)32-20(18)19(15)30/h4-7,11,15,18-20,28,30H,2-3,8-10,12H2,1H3,(H,26,31)/t15-,18+,19+,20+/m1/s1. The van der Waals surface area contributed by atoms with Gasteiger partial charge in [-0.15, -0.1) is 0 Å². The van der Waals surface area contributed by atoms with Crippen molar-refractivity contribution < 1.29 is 37.7 Å². The normalized spacial score (nSPS) is 24.1. The number of ether oxygens (including phenoxy) is 1. The first kappa shape index (κ1) is 24.1. The smallest absolute Gasteiger partial charge is 0.406 e. The maximum atomic E-state index is 13.3. The lowest BCUT2D eigenvalue weighted by Gasteiger charge is -2.41. The Labute approximate surface area is 183 Å². The van der Waals surface area contributed by atoms with Crippen LogP contribution in [0.5, 0.6) is 5.75 Å². The van der Waals surface area contributed by atoms with Gasteiger partial charge in [0.2, 0.25) is 11.8 Å². The fourth-order valence-corrected chi connectivity index (χ4v) is 4.22. The van der Waals surface area contributed by atoms with Crippen molar-refractivity contribution in [2.24, 2.45) is 0 Å². The molecule has 32 heavy (non-hydrogen) atoms. The Kier molecular flexibility index (Phi) is 7.45. The molecule has 0 aromatic heterocycles. The van der Waals surface area contributed by atoms with E-state index in [9.17, 15) is 27.9 Å². The van der Waals surface area contributed by atoms with Crippen LogP contribution < -0.4 is 10.1 Å². The first-order chi connectivity index (χ1) is 15.2. The lowest BCUT2D eigenvalue weighted by Crippen LogP contribution is -2.57. The van der Waals surface area contributed by atoms with Crippen molar-refractivity contribution in [2.75, 3.05) is 19.7 Å². The third-order valence-corrected chi connectivity index (χ3v) is 5.65. The molecule has 10 heteroatoms. The van der Waals surface area contributed by atoms with Gasteiger partial charge in [0.05, 0.1) is 18.6 Å². The Morgan fingerprint density at radius 2 is 1.97 bits per heavy atom. The number of unbranched alkanes of at least 4 members (excludes halogenated alkanes) is 1. The van der Waals surface area contributed by atoms with Crippen LogP contribution in [0.2, 0.25) is 0 Å². The monoisotopic (exact) mass is 456 g/mol. The zero-order valence-corrected chi connectivity index (χ0v) is 17.6. The first-order valence-corrected chi connectivity index (χ1v) is 10.6. The van der Waals surface area contributed by atoms with Gasteiger partial charge in [0.1, 0.15) is 24.5 Å². The first-order valence-electron chi connectivity index (χ1n) is 10.6. The van der Waals surface area contributed by atoms with Crippen LogP contribution in [0, 0.1) is 0 Å². The SMILES string of the molecule is CCCCC(=O)N(CC(F)(F)F)[C@@H]1C=C(C(=O)NCCO)[C@@H]2c3ccccc3O[C@@H]2[C@H]1O. The lowest BCUT2D eigenvalue weighted by atomic mass is 9.77. The summed E-state index contributed by atoms with van der Waals surface area (Å²) in [5, 5.41) is 22.6. The quantitative estimate of drug-likeness (QED) is 0.555. The summed E-state index contributed by atoms with van der Waals surface area (Å²) >= 11 is 0. The van der Waals surface area contributed by atoms with Crippen LogP contribution in [-0.2, 0) is 9.59 Å². The van der Waals surface area contributed by atoms with Crippen LogP contribution in [0.3, 0.4) is 0 Å². The second-order valence-corrected chi connectivity index (χ2v) is 7.92. The summed E-state index contributed by atoms with van der Waals surface area (Å²) in [6.07, 6.45) is -5.05. The number of nitrogens with one attached hydrogen (secondary N) is 1. The Morgan fingerprint density at radius 3 is 2.62 bits per heavy atom. The molecule has 0 fully saturated rings. The fourth-order valence-electron chi connectivity index (χ4n) is 4.22. The van der Waals surface area contributed by atoms with Gasteiger partial charge in [-0.2, -0.15) is 13.2 Å². The van der Waals surface area contributed by atoms with Gasteiger partial charge in [-0.05, 0) is 18.6 Å². The zero-order chi connectivity index (χ0) is 23.5. The molecule has 1 heterocycles. The molecule has 1 aromatic rings. The molecule has 0 unspecified atom stereocenters. The van der Waals surface area contributed by atoms with E-state index in [1.54, 1.807) is 24.3 Å². The van der Waals surface area contributed by atoms with Crippen molar-refractivity contribution in [3.63, 3.8) is 0 Å². The van der Waals surface area contributed by atoms with Gasteiger partial charge in [-0.25, -0.2) is 0 Å². The minimum atomic E-state index is -4.69. The number of carbonyl (C=O) groups excluding carboxylic acids is 2. The van der Waals surface area contributed by atoms with Crippen LogP contribution in [0.25, 0.3) is 0 Å². The molecular weight excluding hydrogens is 429 g/mol. The Balaban J connectivity index is 2.03. The van der Waals surface area contributed by atoms with Gasteiger partial charge in [0.25, 0.3) is 0 Å². The highest BCUT2D eigenvalue weighted by atomic mass is 19.4. The van der Waals surface area contributed by atoms with Crippen molar-refractivity contribution in [3.8, 4) is 5.75 Å². The van der Waals surface area contributed by atoms with E-state index in [1.165, 1.54) is 6.08 Å². The number of hydrogen-bond acceptors (Lipinski definition) is 5. The maximum Gasteiger partial charge on any atom is 0.406 e. The predicted molar refractivity (Wildman–Crippen MR) is 109 cm³/mol. The number of nitrogens with zero attached hydrogens (tertiary/aromatic N) is 1. The summed E-state index contributed by atoms with van der Waals surface area (Å²) in [6.45, 7) is -0.106. The summed E-state index contributed by atoms with van der Waals surface area (Å²) in [5.41, 5.74) is 0.722. The van der Waals surface area contributed by atoms with E-state index in [4.69, 9.17) is 9.84 Å². The molecule has 3 N–H and O–H groups in total. The van der Waals surface area contributed by atoms with Crippen LogP contribution >= 0.6 is 0 Å². The Bertz CT molecular complexity index is 873. The molecule has 3 rings (SSSR count). The molecule has 0 radical (unpaired) electrons. The van der Waals surface area contributed by atoms with Crippen LogP contribution in [0.4, 0.5) is 13.2 Å². The number of rotatable bonds is 8. The molecular formula is C22H27F3N2O5. The van der Waals surface area contributed by atoms with Crippen molar-refractivity contribution in [1.82, 2.24) is 10.2 Å². The summed E-state index contributed by atoms with van der Waals surface area (Å²) in [5.74, 6) is -1.65. The van der Waals surface area contributed by atoms with E-state index in [2.05, 4.69) is 5.32 Å². The highest BCUT2D eigenvalue weighted by molar-refractivity contribution is 5.96. The molecule has 1 aliphatic carbocycles. The zero-order valence-electron chi connectivity index (χ0n) is 17.6. The minimum absolute atomic E-state index is 0.0506. The van der Waals surface area contributed by atoms with Gasteiger partial charge < -0.3 is 25.2 Å². The van der Waals surface area contributed by atoms with E-state index >= 15 is 0 Å². The van der Waals surface area contributed by atoms with Crippen LogP contribution in [0.15, 0.2) is 35.9 Å². The molecule has 7 nitrogen and oxygen atoms in total. The van der Waals surface area contributed by atoms with Crippen molar-refractivity contribution >= 4 is 11.8 Å². The van der Waals surface area contributed by atoms with Gasteiger partial charge in [-0.3, -0.25) is 9.59 Å². The highest BCUT2D eigenvalue weighted by Gasteiger charge is 2.51. The van der Waals surface area contributed by atoms with Gasteiger partial charge >= 0.3 is 6.18 Å². The molecule has 2 aliphatic rings. The van der Waals surface area contributed by atoms with Gasteiger partial charge in [-0.1, -0.05) is 31.5 Å². The van der Waals surface area contributed by atoms with Crippen molar-refractivity contribution in [1.29, 1.82) is 0 Å². The number of carbonyl (C=O) groups is 2. The average Bonchev–Trinajstić information content (AvgIpc) is 3.14. The molecule has 0 saturated carbocycles. The molecule has 1 aromatic carbocycles. The molecule has 0 saturated heterocycles. The van der Waals surface area contributed by atoms with E-state index in [1.807, 2.05) is 6.92 Å². The lowest BCUT2D eigenvalue weighted by molar-refractivity contribution is -0.170. The summed E-state index contributed by atoms with van der Waals surface area (Å²) in [4.78, 5) is 26.1. The van der Waals surface area contributed by atoms with E-state index in [0.717, 1.165) is 0 Å². The molecule has 2 amide bonds. The third kappa shape index (κ3) is 5.07. The molecule has 1 aliphatic heterocycles. The second-order valence-electron chi connectivity index (χ2n) is 7.92. The summed E-state index contributed by atoms with van der Waals surface area (Å²) < 4.78 is 45.9. The molecule has 0 bridgehead atoms. The average molecular weight is 456 g/mol. The number of halogens is 3. The van der Waals surface area contributed by atoms with Gasteiger partial charge in [0, 0.05) is 24.1 Å². The number of alkyl halides is 3. The Morgan fingerprint density at radius 1 is 1.25 bits per heavy atom. The number of para-hydroxylation sites is 1. The van der Waals surface area contributed by atoms with Crippen molar-refractivity contribution in [2.45, 2.75) is 56.5 Å². The number of hydrogen-bond donors (Lipinski definition) is 3. The van der Waals surface area contributed by atoms with E-state index < -0.39 is 48.7 Å². The van der Waals surface area contributed by atoms with Crippen molar-refractivity contribution in [3.05, 3.63) is 41.5 Å². The molecule has 176 valence electrons. The minimum Gasteiger partial charge on any atom is -0.486 e. The molecule has 0 spiro atoms. The highest BCUT2D eigenvalue weighted by Crippen LogP contribution is 2.47. The topological polar surface area (TPSA) is 99.1 Å².